The van der Waals surface area contributed by atoms with Crippen LogP contribution in [0.1, 0.15) is 28.2 Å². The lowest BCUT2D eigenvalue weighted by Gasteiger charge is -2.22. The van der Waals surface area contributed by atoms with E-state index in [-0.39, 0.29) is 17.1 Å². The maximum Gasteiger partial charge on any atom is 0.324 e. The second-order valence-corrected chi connectivity index (χ2v) is 7.90. The minimum Gasteiger partial charge on any atom is -0.451 e. The molecule has 0 saturated heterocycles. The summed E-state index contributed by atoms with van der Waals surface area (Å²) >= 11 is 3.25. The van der Waals surface area contributed by atoms with Crippen molar-refractivity contribution in [1.29, 1.82) is 0 Å². The Morgan fingerprint density at radius 1 is 1.29 bits per heavy atom. The molecule has 126 valence electrons. The number of aryl methyl sites for hydroxylation is 2. The first-order chi connectivity index (χ1) is 11.6. The highest BCUT2D eigenvalue weighted by Gasteiger charge is 2.31. The number of hydrogen-bond donors (Lipinski definition) is 1. The van der Waals surface area contributed by atoms with Crippen LogP contribution in [0.2, 0.25) is 0 Å². The number of nitrogens with one attached hydrogen (secondary N) is 1. The van der Waals surface area contributed by atoms with Crippen LogP contribution in [0.5, 0.6) is 0 Å². The number of carbonyl (C=O) groups excluding carboxylic acids is 2. The molecule has 1 aromatic heterocycles. The number of thiophene rings is 1. The molecule has 1 aromatic carbocycles. The Labute approximate surface area is 149 Å². The SMILES string of the molecule is Cc1ccccc1NC(=O)[C@H](C)OC(=O)[C@@H]1SCCc2sccc21. The number of rotatable bonds is 4. The smallest absolute Gasteiger partial charge is 0.324 e. The van der Waals surface area contributed by atoms with Gasteiger partial charge in [0.2, 0.25) is 0 Å². The highest BCUT2D eigenvalue weighted by Crippen LogP contribution is 2.40. The van der Waals surface area contributed by atoms with E-state index >= 15 is 0 Å². The van der Waals surface area contributed by atoms with Gasteiger partial charge in [-0.1, -0.05) is 18.2 Å². The van der Waals surface area contributed by atoms with E-state index in [0.717, 1.165) is 29.0 Å². The van der Waals surface area contributed by atoms with Crippen molar-refractivity contribution in [3.63, 3.8) is 0 Å². The summed E-state index contributed by atoms with van der Waals surface area (Å²) < 4.78 is 5.42. The summed E-state index contributed by atoms with van der Waals surface area (Å²) in [6.45, 7) is 3.52. The summed E-state index contributed by atoms with van der Waals surface area (Å²) in [5.41, 5.74) is 2.74. The maximum atomic E-state index is 12.5. The van der Waals surface area contributed by atoms with Crippen LogP contribution in [0.4, 0.5) is 5.69 Å². The van der Waals surface area contributed by atoms with Gasteiger partial charge in [0.15, 0.2) is 6.10 Å². The van der Waals surface area contributed by atoms with Gasteiger partial charge in [-0.15, -0.1) is 23.1 Å². The van der Waals surface area contributed by atoms with Crippen molar-refractivity contribution in [3.05, 3.63) is 51.7 Å². The van der Waals surface area contributed by atoms with Crippen LogP contribution in [0.3, 0.4) is 0 Å². The Hall–Kier alpha value is -1.79. The fourth-order valence-electron chi connectivity index (χ4n) is 2.58. The van der Waals surface area contributed by atoms with Crippen LogP contribution < -0.4 is 5.32 Å². The molecule has 2 aromatic rings. The lowest BCUT2D eigenvalue weighted by atomic mass is 10.1. The van der Waals surface area contributed by atoms with Crippen LogP contribution in [0.25, 0.3) is 0 Å². The number of esters is 1. The molecule has 24 heavy (non-hydrogen) atoms. The average molecular weight is 361 g/mol. The molecule has 0 aliphatic carbocycles. The molecule has 2 atom stereocenters. The van der Waals surface area contributed by atoms with Crippen molar-refractivity contribution in [3.8, 4) is 0 Å². The van der Waals surface area contributed by atoms with Crippen molar-refractivity contribution >= 4 is 40.7 Å². The monoisotopic (exact) mass is 361 g/mol. The highest BCUT2D eigenvalue weighted by atomic mass is 32.2. The van der Waals surface area contributed by atoms with Crippen LogP contribution >= 0.6 is 23.1 Å². The second-order valence-electron chi connectivity index (χ2n) is 5.68. The summed E-state index contributed by atoms with van der Waals surface area (Å²) in [5.74, 6) is 0.243. The molecule has 1 aliphatic rings. The number of carbonyl (C=O) groups is 2. The van der Waals surface area contributed by atoms with E-state index in [1.54, 1.807) is 30.0 Å². The molecule has 3 rings (SSSR count). The van der Waals surface area contributed by atoms with Crippen LogP contribution in [-0.2, 0) is 20.7 Å². The Bertz CT molecular complexity index is 756. The van der Waals surface area contributed by atoms with Gasteiger partial charge in [0.05, 0.1) is 0 Å². The molecule has 0 saturated carbocycles. The number of thioether (sulfide) groups is 1. The zero-order chi connectivity index (χ0) is 17.1. The molecule has 0 unspecified atom stereocenters. The van der Waals surface area contributed by atoms with Crippen molar-refractivity contribution in [2.45, 2.75) is 31.6 Å². The van der Waals surface area contributed by atoms with Gasteiger partial charge in [0.1, 0.15) is 5.25 Å². The number of para-hydroxylation sites is 1. The van der Waals surface area contributed by atoms with Crippen molar-refractivity contribution in [2.24, 2.45) is 0 Å². The summed E-state index contributed by atoms with van der Waals surface area (Å²) in [5, 5.41) is 4.49. The van der Waals surface area contributed by atoms with Gasteiger partial charge < -0.3 is 10.1 Å². The molecule has 2 heterocycles. The molecule has 1 N–H and O–H groups in total. The zero-order valence-electron chi connectivity index (χ0n) is 13.6. The molecule has 4 nitrogen and oxygen atoms in total. The maximum absolute atomic E-state index is 12.5. The van der Waals surface area contributed by atoms with Crippen molar-refractivity contribution in [1.82, 2.24) is 0 Å². The van der Waals surface area contributed by atoms with Gasteiger partial charge in [-0.2, -0.15) is 0 Å². The third kappa shape index (κ3) is 3.65. The van der Waals surface area contributed by atoms with Gasteiger partial charge >= 0.3 is 5.97 Å². The topological polar surface area (TPSA) is 55.4 Å². The molecule has 6 heteroatoms. The molecular weight excluding hydrogens is 342 g/mol. The lowest BCUT2D eigenvalue weighted by molar-refractivity contribution is -0.152. The summed E-state index contributed by atoms with van der Waals surface area (Å²) in [4.78, 5) is 26.0. The number of benzene rings is 1. The predicted molar refractivity (Wildman–Crippen MR) is 98.6 cm³/mol. The molecule has 0 spiro atoms. The highest BCUT2D eigenvalue weighted by molar-refractivity contribution is 8.00. The Morgan fingerprint density at radius 3 is 2.88 bits per heavy atom. The fraction of sp³-hybridized carbons (Fsp3) is 0.333. The third-order valence-corrected chi connectivity index (χ3v) is 6.17. The largest absolute Gasteiger partial charge is 0.451 e. The average Bonchev–Trinajstić information content (AvgIpc) is 3.05. The van der Waals surface area contributed by atoms with E-state index in [1.807, 2.05) is 42.6 Å². The minimum atomic E-state index is -0.832. The Balaban J connectivity index is 1.63. The Morgan fingerprint density at radius 2 is 2.08 bits per heavy atom. The molecule has 0 radical (unpaired) electrons. The summed E-state index contributed by atoms with van der Waals surface area (Å²) in [6, 6.07) is 9.50. The number of fused-ring (bicyclic) bond motifs is 1. The van der Waals surface area contributed by atoms with Gasteiger partial charge in [0.25, 0.3) is 5.91 Å². The zero-order valence-corrected chi connectivity index (χ0v) is 15.2. The Kier molecular flexibility index (Phi) is 5.26. The fourth-order valence-corrected chi connectivity index (χ4v) is 4.85. The standard InChI is InChI=1S/C18H19NO3S2/c1-11-5-3-4-6-14(11)19-17(20)12(2)22-18(21)16-13-7-9-23-15(13)8-10-24-16/h3-7,9,12,16H,8,10H2,1-2H3,(H,19,20)/t12-,16+/m0/s1. The molecular formula is C18H19NO3S2. The molecule has 1 aliphatic heterocycles. The summed E-state index contributed by atoms with van der Waals surface area (Å²) in [7, 11) is 0. The lowest BCUT2D eigenvalue weighted by Crippen LogP contribution is -2.32. The van der Waals surface area contributed by atoms with E-state index in [2.05, 4.69) is 5.32 Å². The van der Waals surface area contributed by atoms with Gasteiger partial charge in [-0.05, 0) is 54.7 Å². The minimum absolute atomic E-state index is 0.316. The number of hydrogen-bond acceptors (Lipinski definition) is 5. The van der Waals surface area contributed by atoms with Crippen molar-refractivity contribution < 1.29 is 14.3 Å². The normalized spacial score (nSPS) is 17.7. The first kappa shape index (κ1) is 17.0. The first-order valence-electron chi connectivity index (χ1n) is 7.81. The van der Waals surface area contributed by atoms with Gasteiger partial charge in [-0.25, -0.2) is 0 Å². The number of anilines is 1. The third-order valence-electron chi connectivity index (χ3n) is 3.96. The predicted octanol–water partition coefficient (Wildman–Crippen LogP) is 3.96. The van der Waals surface area contributed by atoms with E-state index in [1.165, 1.54) is 4.88 Å². The van der Waals surface area contributed by atoms with Crippen LogP contribution in [0, 0.1) is 6.92 Å². The molecule has 0 fully saturated rings. The van der Waals surface area contributed by atoms with E-state index < -0.39 is 6.10 Å². The van der Waals surface area contributed by atoms with Crippen molar-refractivity contribution in [2.75, 3.05) is 11.1 Å². The molecule has 1 amide bonds. The van der Waals surface area contributed by atoms with Gasteiger partial charge in [-0.3, -0.25) is 9.59 Å². The number of ether oxygens (including phenoxy) is 1. The quantitative estimate of drug-likeness (QED) is 0.838. The number of amides is 1. The van der Waals surface area contributed by atoms with E-state index in [0.29, 0.717) is 0 Å². The van der Waals surface area contributed by atoms with E-state index in [9.17, 15) is 9.59 Å². The summed E-state index contributed by atoms with van der Waals surface area (Å²) in [6.07, 6.45) is 0.159. The second kappa shape index (κ2) is 7.40. The van der Waals surface area contributed by atoms with E-state index in [4.69, 9.17) is 4.74 Å². The van der Waals surface area contributed by atoms with Crippen LogP contribution in [0.15, 0.2) is 35.7 Å². The van der Waals surface area contributed by atoms with Gasteiger partial charge in [0, 0.05) is 10.6 Å². The first-order valence-corrected chi connectivity index (χ1v) is 9.74. The van der Waals surface area contributed by atoms with Crippen LogP contribution in [-0.4, -0.2) is 23.7 Å². The molecule has 0 bridgehead atoms.